The van der Waals surface area contributed by atoms with Crippen LogP contribution >= 0.6 is 7.44 Å². The van der Waals surface area contributed by atoms with Crippen LogP contribution in [0.1, 0.15) is 34.1 Å². The molecule has 0 N–H and O–H groups in total. The molecule has 2 rings (SSSR count). The van der Waals surface area contributed by atoms with E-state index in [9.17, 15) is 4.57 Å². The third kappa shape index (κ3) is 1.46. The van der Waals surface area contributed by atoms with Crippen molar-refractivity contribution in [1.29, 1.82) is 0 Å². The average molecular weight is 216 g/mol. The molecule has 0 aromatic carbocycles. The molecule has 5 atom stereocenters. The SMILES string of the molecule is CC[C@@H](C)P(=O)(N1C[C@@H]1C)N1C[C@@H]1C. The summed E-state index contributed by atoms with van der Waals surface area (Å²) in [4.78, 5) is 0. The topological polar surface area (TPSA) is 23.1 Å². The second-order valence-electron chi connectivity index (χ2n) is 4.79. The van der Waals surface area contributed by atoms with Crippen molar-refractivity contribution < 1.29 is 4.57 Å². The second kappa shape index (κ2) is 3.33. The molecule has 0 radical (unpaired) electrons. The highest BCUT2D eigenvalue weighted by atomic mass is 31.2. The van der Waals surface area contributed by atoms with Gasteiger partial charge in [0.25, 0.3) is 0 Å². The van der Waals surface area contributed by atoms with Gasteiger partial charge in [0.2, 0.25) is 7.44 Å². The summed E-state index contributed by atoms with van der Waals surface area (Å²) in [6.45, 7) is 10.7. The van der Waals surface area contributed by atoms with Crippen molar-refractivity contribution in [1.82, 2.24) is 9.34 Å². The number of nitrogens with zero attached hydrogens (tertiary/aromatic N) is 2. The summed E-state index contributed by atoms with van der Waals surface area (Å²) in [5, 5.41) is 0. The van der Waals surface area contributed by atoms with E-state index in [0.29, 0.717) is 17.7 Å². The molecule has 2 aliphatic heterocycles. The van der Waals surface area contributed by atoms with Gasteiger partial charge in [-0.15, -0.1) is 0 Å². The predicted octanol–water partition coefficient (Wildman–Crippen LogP) is 2.39. The van der Waals surface area contributed by atoms with Crippen LogP contribution in [0, 0.1) is 0 Å². The van der Waals surface area contributed by atoms with Gasteiger partial charge >= 0.3 is 0 Å². The Balaban J connectivity index is 2.17. The van der Waals surface area contributed by atoms with Crippen LogP contribution in [0.2, 0.25) is 0 Å². The van der Waals surface area contributed by atoms with Crippen LogP contribution in [0.4, 0.5) is 0 Å². The van der Waals surface area contributed by atoms with Gasteiger partial charge in [0.15, 0.2) is 0 Å². The van der Waals surface area contributed by atoms with E-state index in [1.54, 1.807) is 0 Å². The van der Waals surface area contributed by atoms with Gasteiger partial charge in [-0.2, -0.15) is 0 Å². The standard InChI is InChI=1S/C10H21N2OP/c1-5-10(4)14(13,11-6-8(11)2)12-7-9(12)3/h8-10H,5-7H2,1-4H3/t8-,9-,10+,11?,12?,14?/m0/s1. The van der Waals surface area contributed by atoms with E-state index in [1.807, 2.05) is 0 Å². The smallest absolute Gasteiger partial charge is 0.219 e. The summed E-state index contributed by atoms with van der Waals surface area (Å²) < 4.78 is 17.4. The van der Waals surface area contributed by atoms with Crippen LogP contribution in [0.15, 0.2) is 0 Å². The zero-order valence-corrected chi connectivity index (χ0v) is 10.5. The Hall–Kier alpha value is 0.150. The third-order valence-corrected chi connectivity index (χ3v) is 7.66. The number of rotatable bonds is 4. The fourth-order valence-electron chi connectivity index (χ4n) is 2.14. The minimum atomic E-state index is -2.18. The van der Waals surface area contributed by atoms with Crippen LogP contribution in [0.5, 0.6) is 0 Å². The Morgan fingerprint density at radius 3 is 1.86 bits per heavy atom. The maximum atomic E-state index is 12.9. The Bertz CT molecular complexity index is 250. The summed E-state index contributed by atoms with van der Waals surface area (Å²) >= 11 is 0. The lowest BCUT2D eigenvalue weighted by Crippen LogP contribution is -2.17. The molecule has 0 saturated carbocycles. The molecule has 0 aromatic heterocycles. The van der Waals surface area contributed by atoms with Crippen molar-refractivity contribution in [2.45, 2.75) is 51.9 Å². The fraction of sp³-hybridized carbons (Fsp3) is 1.00. The second-order valence-corrected chi connectivity index (χ2v) is 7.88. The molecule has 82 valence electrons. The lowest BCUT2D eigenvalue weighted by molar-refractivity contribution is 0.490. The van der Waals surface area contributed by atoms with Gasteiger partial charge < -0.3 is 0 Å². The van der Waals surface area contributed by atoms with Gasteiger partial charge in [-0.05, 0) is 20.3 Å². The molecule has 0 bridgehead atoms. The third-order valence-electron chi connectivity index (χ3n) is 3.55. The van der Waals surface area contributed by atoms with Gasteiger partial charge in [-0.1, -0.05) is 13.8 Å². The normalized spacial score (nSPS) is 46.9. The molecule has 2 heterocycles. The molecule has 0 amide bonds. The van der Waals surface area contributed by atoms with Crippen molar-refractivity contribution in [3.8, 4) is 0 Å². The maximum Gasteiger partial charge on any atom is 0.219 e. The van der Waals surface area contributed by atoms with Crippen molar-refractivity contribution in [2.75, 3.05) is 13.1 Å². The molecule has 0 spiro atoms. The summed E-state index contributed by atoms with van der Waals surface area (Å²) in [6.07, 6.45) is 1.02. The fourth-order valence-corrected chi connectivity index (χ4v) is 5.99. The van der Waals surface area contributed by atoms with E-state index in [4.69, 9.17) is 0 Å². The minimum Gasteiger partial charge on any atom is -0.288 e. The van der Waals surface area contributed by atoms with Crippen LogP contribution in [0.25, 0.3) is 0 Å². The van der Waals surface area contributed by atoms with E-state index in [2.05, 4.69) is 37.0 Å². The molecule has 2 fully saturated rings. The van der Waals surface area contributed by atoms with Crippen LogP contribution in [-0.4, -0.2) is 40.2 Å². The molecule has 4 heteroatoms. The van der Waals surface area contributed by atoms with Crippen LogP contribution in [-0.2, 0) is 4.57 Å². The van der Waals surface area contributed by atoms with Crippen molar-refractivity contribution in [2.24, 2.45) is 0 Å². The first kappa shape index (κ1) is 10.7. The lowest BCUT2D eigenvalue weighted by Gasteiger charge is -2.27. The van der Waals surface area contributed by atoms with Gasteiger partial charge in [-0.3, -0.25) is 4.57 Å². The summed E-state index contributed by atoms with van der Waals surface area (Å²) in [5.41, 5.74) is 0.331. The van der Waals surface area contributed by atoms with Gasteiger partial charge in [0.05, 0.1) is 0 Å². The van der Waals surface area contributed by atoms with E-state index in [0.717, 1.165) is 19.5 Å². The van der Waals surface area contributed by atoms with E-state index in [-0.39, 0.29) is 0 Å². The van der Waals surface area contributed by atoms with Crippen molar-refractivity contribution in [3.63, 3.8) is 0 Å². The van der Waals surface area contributed by atoms with E-state index < -0.39 is 7.44 Å². The molecule has 14 heavy (non-hydrogen) atoms. The molecular formula is C10H21N2OP. The zero-order valence-electron chi connectivity index (χ0n) is 9.60. The van der Waals surface area contributed by atoms with E-state index >= 15 is 0 Å². The molecular weight excluding hydrogens is 195 g/mol. The number of hydrogen-bond donors (Lipinski definition) is 0. The summed E-state index contributed by atoms with van der Waals surface area (Å²) in [6, 6.07) is 1.09. The Labute approximate surface area is 86.9 Å². The quantitative estimate of drug-likeness (QED) is 0.532. The molecule has 2 saturated heterocycles. The van der Waals surface area contributed by atoms with Gasteiger partial charge in [0, 0.05) is 30.8 Å². The molecule has 2 aliphatic rings. The minimum absolute atomic E-state index is 0.331. The molecule has 0 aromatic rings. The summed E-state index contributed by atoms with van der Waals surface area (Å²) in [7, 11) is -2.18. The Morgan fingerprint density at radius 1 is 1.29 bits per heavy atom. The monoisotopic (exact) mass is 216 g/mol. The first-order valence-electron chi connectivity index (χ1n) is 5.65. The van der Waals surface area contributed by atoms with Crippen LogP contribution < -0.4 is 0 Å². The largest absolute Gasteiger partial charge is 0.288 e. The Morgan fingerprint density at radius 2 is 1.64 bits per heavy atom. The van der Waals surface area contributed by atoms with Gasteiger partial charge in [-0.25, -0.2) is 9.34 Å². The first-order chi connectivity index (χ1) is 6.51. The molecule has 0 aliphatic carbocycles. The van der Waals surface area contributed by atoms with Crippen molar-refractivity contribution >= 4 is 7.44 Å². The highest BCUT2D eigenvalue weighted by molar-refractivity contribution is 7.60. The lowest BCUT2D eigenvalue weighted by atomic mass is 10.4. The highest BCUT2D eigenvalue weighted by Gasteiger charge is 2.56. The van der Waals surface area contributed by atoms with E-state index in [1.165, 1.54) is 0 Å². The first-order valence-corrected chi connectivity index (χ1v) is 7.34. The molecule has 2 unspecified atom stereocenters. The van der Waals surface area contributed by atoms with Crippen LogP contribution in [0.3, 0.4) is 0 Å². The predicted molar refractivity (Wildman–Crippen MR) is 59.7 cm³/mol. The highest BCUT2D eigenvalue weighted by Crippen LogP contribution is 2.67. The van der Waals surface area contributed by atoms with Crippen molar-refractivity contribution in [3.05, 3.63) is 0 Å². The maximum absolute atomic E-state index is 12.9. The number of hydrogen-bond acceptors (Lipinski definition) is 1. The summed E-state index contributed by atoms with van der Waals surface area (Å²) in [5.74, 6) is 0. The zero-order chi connectivity index (χ0) is 10.5. The average Bonchev–Trinajstić information content (AvgIpc) is 3.02. The Kier molecular flexibility index (Phi) is 2.53. The van der Waals surface area contributed by atoms with Gasteiger partial charge in [0.1, 0.15) is 0 Å². The molecule has 3 nitrogen and oxygen atoms in total.